The average Bonchev–Trinajstić information content (AvgIpc) is 2.56. The first-order valence-corrected chi connectivity index (χ1v) is 9.11. The van der Waals surface area contributed by atoms with Crippen LogP contribution in [0.2, 0.25) is 5.02 Å². The maximum absolute atomic E-state index is 14.4. The second-order valence-corrected chi connectivity index (χ2v) is 6.45. The highest BCUT2D eigenvalue weighted by molar-refractivity contribution is 6.32. The number of piperazine rings is 1. The van der Waals surface area contributed by atoms with Crippen molar-refractivity contribution in [3.05, 3.63) is 28.5 Å². The topological polar surface area (TPSA) is 24.5 Å². The van der Waals surface area contributed by atoms with Gasteiger partial charge in [-0.1, -0.05) is 37.8 Å². The van der Waals surface area contributed by atoms with E-state index in [1.165, 1.54) is 12.8 Å². The smallest absolute Gasteiger partial charge is 0.173 e. The van der Waals surface area contributed by atoms with Crippen LogP contribution in [0.1, 0.15) is 51.1 Å². The summed E-state index contributed by atoms with van der Waals surface area (Å²) in [5.41, 5.74) is 0.967. The predicted molar refractivity (Wildman–Crippen MR) is 93.9 cm³/mol. The van der Waals surface area contributed by atoms with Crippen molar-refractivity contribution < 1.29 is 9.13 Å². The first-order valence-electron chi connectivity index (χ1n) is 8.73. The van der Waals surface area contributed by atoms with Gasteiger partial charge in [0, 0.05) is 32.2 Å². The molecule has 1 atom stereocenters. The minimum atomic E-state index is -0.357. The molecule has 3 nitrogen and oxygen atoms in total. The molecule has 0 saturated carbocycles. The zero-order chi connectivity index (χ0) is 16.7. The fourth-order valence-electron chi connectivity index (χ4n) is 3.20. The minimum absolute atomic E-state index is 0.172. The van der Waals surface area contributed by atoms with Crippen LogP contribution in [0.5, 0.6) is 5.75 Å². The van der Waals surface area contributed by atoms with Gasteiger partial charge in [-0.05, 0) is 31.0 Å². The predicted octanol–water partition coefficient (Wildman–Crippen LogP) is 4.40. The summed E-state index contributed by atoms with van der Waals surface area (Å²) in [6, 6.07) is 3.72. The van der Waals surface area contributed by atoms with Gasteiger partial charge in [-0.3, -0.25) is 4.90 Å². The van der Waals surface area contributed by atoms with Crippen molar-refractivity contribution in [2.24, 2.45) is 0 Å². The molecule has 130 valence electrons. The van der Waals surface area contributed by atoms with Crippen molar-refractivity contribution >= 4 is 11.6 Å². The van der Waals surface area contributed by atoms with Gasteiger partial charge in [-0.15, -0.1) is 0 Å². The monoisotopic (exact) mass is 342 g/mol. The van der Waals surface area contributed by atoms with Crippen molar-refractivity contribution in [1.82, 2.24) is 10.2 Å². The highest BCUT2D eigenvalue weighted by Gasteiger charge is 2.24. The third-order valence-electron chi connectivity index (χ3n) is 4.37. The number of rotatable bonds is 8. The lowest BCUT2D eigenvalue weighted by Gasteiger charge is -2.35. The molecule has 1 heterocycles. The second-order valence-electron chi connectivity index (χ2n) is 6.04. The van der Waals surface area contributed by atoms with Crippen LogP contribution in [0.3, 0.4) is 0 Å². The summed E-state index contributed by atoms with van der Waals surface area (Å²) in [4.78, 5) is 2.44. The van der Waals surface area contributed by atoms with Gasteiger partial charge in [-0.2, -0.15) is 0 Å². The number of halogens is 2. The quantitative estimate of drug-likeness (QED) is 0.708. The highest BCUT2D eigenvalue weighted by Crippen LogP contribution is 2.35. The summed E-state index contributed by atoms with van der Waals surface area (Å²) >= 11 is 6.26. The van der Waals surface area contributed by atoms with E-state index in [-0.39, 0.29) is 17.6 Å². The first-order chi connectivity index (χ1) is 11.2. The van der Waals surface area contributed by atoms with E-state index >= 15 is 0 Å². The van der Waals surface area contributed by atoms with E-state index in [2.05, 4.69) is 17.1 Å². The molecule has 2 rings (SSSR count). The third-order valence-corrected chi connectivity index (χ3v) is 4.65. The Balaban J connectivity index is 2.22. The summed E-state index contributed by atoms with van der Waals surface area (Å²) in [5, 5.41) is 3.75. The van der Waals surface area contributed by atoms with E-state index in [9.17, 15) is 4.39 Å². The fourth-order valence-corrected chi connectivity index (χ4v) is 3.47. The van der Waals surface area contributed by atoms with Crippen molar-refractivity contribution in [2.75, 3.05) is 32.8 Å². The summed E-state index contributed by atoms with van der Waals surface area (Å²) in [7, 11) is 0. The maximum Gasteiger partial charge on any atom is 0.173 e. The molecule has 0 amide bonds. The Labute approximate surface area is 144 Å². The van der Waals surface area contributed by atoms with E-state index in [1.54, 1.807) is 6.07 Å². The normalized spacial score (nSPS) is 17.2. The van der Waals surface area contributed by atoms with Crippen LogP contribution in [0.4, 0.5) is 4.39 Å². The summed E-state index contributed by atoms with van der Waals surface area (Å²) < 4.78 is 19.7. The van der Waals surface area contributed by atoms with Crippen LogP contribution in [0.15, 0.2) is 12.1 Å². The molecular formula is C18H28ClFN2O. The molecule has 0 aromatic heterocycles. The third kappa shape index (κ3) is 5.07. The van der Waals surface area contributed by atoms with Crippen molar-refractivity contribution in [3.63, 3.8) is 0 Å². The fraction of sp³-hybridized carbons (Fsp3) is 0.667. The molecule has 0 bridgehead atoms. The number of benzene rings is 1. The molecule has 0 aliphatic carbocycles. The molecule has 1 saturated heterocycles. The van der Waals surface area contributed by atoms with Crippen LogP contribution in [0, 0.1) is 5.82 Å². The van der Waals surface area contributed by atoms with E-state index in [1.807, 2.05) is 13.0 Å². The van der Waals surface area contributed by atoms with Gasteiger partial charge in [0.05, 0.1) is 11.6 Å². The molecule has 1 fully saturated rings. The zero-order valence-corrected chi connectivity index (χ0v) is 15.0. The lowest BCUT2D eigenvalue weighted by atomic mass is 9.97. The average molecular weight is 343 g/mol. The second kappa shape index (κ2) is 9.45. The maximum atomic E-state index is 14.4. The Morgan fingerprint density at radius 2 is 2.00 bits per heavy atom. The Morgan fingerprint density at radius 1 is 1.26 bits per heavy atom. The Bertz CT molecular complexity index is 469. The van der Waals surface area contributed by atoms with Crippen LogP contribution in [-0.2, 0) is 0 Å². The lowest BCUT2D eigenvalue weighted by molar-refractivity contribution is 0.162. The Kier molecular flexibility index (Phi) is 7.60. The van der Waals surface area contributed by atoms with Gasteiger partial charge in [0.15, 0.2) is 11.6 Å². The highest BCUT2D eigenvalue weighted by atomic mass is 35.5. The minimum Gasteiger partial charge on any atom is -0.489 e. The molecule has 1 N–H and O–H groups in total. The van der Waals surface area contributed by atoms with E-state index in [0.29, 0.717) is 11.6 Å². The molecule has 1 aromatic carbocycles. The summed E-state index contributed by atoms with van der Waals surface area (Å²) in [5.74, 6) is -0.185. The van der Waals surface area contributed by atoms with Gasteiger partial charge >= 0.3 is 0 Å². The standard InChI is InChI=1S/C18H28ClFN2O/c1-3-5-6-7-17(22-10-8-21-9-11-22)14-12-15(19)18(23-4-2)16(20)13-14/h12-13,17,21H,3-11H2,1-2H3/t17-/m0/s1. The molecule has 0 radical (unpaired) electrons. The Morgan fingerprint density at radius 3 is 2.61 bits per heavy atom. The van der Waals surface area contributed by atoms with Gasteiger partial charge in [0.2, 0.25) is 0 Å². The van der Waals surface area contributed by atoms with Crippen LogP contribution < -0.4 is 10.1 Å². The first kappa shape index (κ1) is 18.5. The number of hydrogen-bond donors (Lipinski definition) is 1. The van der Waals surface area contributed by atoms with Gasteiger partial charge in [0.1, 0.15) is 0 Å². The van der Waals surface area contributed by atoms with E-state index in [0.717, 1.165) is 44.6 Å². The van der Waals surface area contributed by atoms with Gasteiger partial charge < -0.3 is 10.1 Å². The van der Waals surface area contributed by atoms with Crippen molar-refractivity contribution in [2.45, 2.75) is 45.6 Å². The number of nitrogens with zero attached hydrogens (tertiary/aromatic N) is 1. The molecule has 5 heteroatoms. The van der Waals surface area contributed by atoms with Crippen molar-refractivity contribution in [1.29, 1.82) is 0 Å². The zero-order valence-electron chi connectivity index (χ0n) is 14.2. The molecule has 23 heavy (non-hydrogen) atoms. The van der Waals surface area contributed by atoms with Crippen molar-refractivity contribution in [3.8, 4) is 5.75 Å². The molecular weight excluding hydrogens is 315 g/mol. The van der Waals surface area contributed by atoms with Crippen LogP contribution in [0.25, 0.3) is 0 Å². The molecule has 1 aromatic rings. The van der Waals surface area contributed by atoms with Crippen LogP contribution >= 0.6 is 11.6 Å². The summed E-state index contributed by atoms with van der Waals surface area (Å²) in [6.45, 7) is 8.39. The lowest BCUT2D eigenvalue weighted by Crippen LogP contribution is -2.45. The SMILES string of the molecule is CCCCC[C@@H](c1cc(F)c(OCC)c(Cl)c1)N1CCNCC1. The Hall–Kier alpha value is -0.840. The van der Waals surface area contributed by atoms with Crippen LogP contribution in [-0.4, -0.2) is 37.7 Å². The molecule has 0 spiro atoms. The van der Waals surface area contributed by atoms with E-state index in [4.69, 9.17) is 16.3 Å². The molecule has 1 aliphatic rings. The number of nitrogens with one attached hydrogen (secondary N) is 1. The number of ether oxygens (including phenoxy) is 1. The van der Waals surface area contributed by atoms with Gasteiger partial charge in [-0.25, -0.2) is 4.39 Å². The van der Waals surface area contributed by atoms with Gasteiger partial charge in [0.25, 0.3) is 0 Å². The largest absolute Gasteiger partial charge is 0.489 e. The van der Waals surface area contributed by atoms with E-state index < -0.39 is 0 Å². The number of unbranched alkanes of at least 4 members (excludes halogenated alkanes) is 2. The molecule has 0 unspecified atom stereocenters. The summed E-state index contributed by atoms with van der Waals surface area (Å²) in [6.07, 6.45) is 4.58. The molecule has 1 aliphatic heterocycles. The number of hydrogen-bond acceptors (Lipinski definition) is 3.